The fourth-order valence-electron chi connectivity index (χ4n) is 6.21. The van der Waals surface area contributed by atoms with Gasteiger partial charge in [0.05, 0.1) is 30.6 Å². The number of halogens is 4. The standard InChI is InChI=1S/C20H26N2O2.C11H10ClF3O2/c1-3-13-12-22-9-7-14(13)10-19(22)20(23)16-6-8-21-18-5-4-15(24-2)11-17(16)18;1-6(11(13,14)15)9(10(16)17)7-2-4-8(12)5-3-7/h4-6,8,11,13-14,19-20,23H,3,7,9-10,12H2,1-2H3;2-6,9H,1H3,(H,16,17)/t13-,14-,19+,20-;6-,9+/m11/s1. The van der Waals surface area contributed by atoms with Gasteiger partial charge in [0.25, 0.3) is 0 Å². The average molecular weight is 593 g/mol. The molecule has 6 nitrogen and oxygen atoms in total. The lowest BCUT2D eigenvalue weighted by molar-refractivity contribution is -0.183. The van der Waals surface area contributed by atoms with Gasteiger partial charge in [-0.25, -0.2) is 0 Å². The third-order valence-corrected chi connectivity index (χ3v) is 8.89. The van der Waals surface area contributed by atoms with Crippen molar-refractivity contribution in [2.75, 3.05) is 20.2 Å². The molecule has 3 aromatic rings. The van der Waals surface area contributed by atoms with Crippen LogP contribution in [0.15, 0.2) is 54.7 Å². The Kier molecular flexibility index (Phi) is 9.82. The van der Waals surface area contributed by atoms with Crippen molar-refractivity contribution in [1.82, 2.24) is 9.88 Å². The van der Waals surface area contributed by atoms with Gasteiger partial charge in [0.15, 0.2) is 0 Å². The Balaban J connectivity index is 0.000000202. The highest BCUT2D eigenvalue weighted by Gasteiger charge is 2.45. The van der Waals surface area contributed by atoms with Crippen LogP contribution in [0.4, 0.5) is 13.2 Å². The lowest BCUT2D eigenvalue weighted by Gasteiger charge is -2.51. The molecule has 0 saturated carbocycles. The van der Waals surface area contributed by atoms with Crippen molar-refractivity contribution < 1.29 is 32.9 Å². The van der Waals surface area contributed by atoms with Gasteiger partial charge in [-0.15, -0.1) is 0 Å². The van der Waals surface area contributed by atoms with E-state index in [9.17, 15) is 23.1 Å². The quantitative estimate of drug-likeness (QED) is 0.304. The van der Waals surface area contributed by atoms with Crippen LogP contribution < -0.4 is 4.74 Å². The minimum Gasteiger partial charge on any atom is -0.497 e. The maximum Gasteiger partial charge on any atom is 0.392 e. The van der Waals surface area contributed by atoms with Crippen LogP contribution in [0.1, 0.15) is 56.3 Å². The van der Waals surface area contributed by atoms with E-state index in [1.54, 1.807) is 13.3 Å². The van der Waals surface area contributed by atoms with E-state index in [-0.39, 0.29) is 11.6 Å². The van der Waals surface area contributed by atoms with E-state index in [0.29, 0.717) is 5.02 Å². The first-order chi connectivity index (χ1) is 19.4. The summed E-state index contributed by atoms with van der Waals surface area (Å²) in [6.07, 6.45) is 0.420. The number of ether oxygens (including phenoxy) is 1. The van der Waals surface area contributed by atoms with E-state index in [2.05, 4.69) is 16.8 Å². The molecule has 7 atom stereocenters. The number of aliphatic hydroxyl groups is 1. The number of pyridine rings is 1. The largest absolute Gasteiger partial charge is 0.497 e. The number of rotatable bonds is 7. The maximum atomic E-state index is 12.5. The van der Waals surface area contributed by atoms with Gasteiger partial charge in [0, 0.05) is 29.2 Å². The third kappa shape index (κ3) is 6.96. The maximum absolute atomic E-state index is 12.5. The molecule has 0 radical (unpaired) electrons. The Labute approximate surface area is 243 Å². The number of piperidine rings is 3. The molecular weight excluding hydrogens is 557 g/mol. The van der Waals surface area contributed by atoms with Crippen molar-refractivity contribution in [2.24, 2.45) is 17.8 Å². The molecule has 1 unspecified atom stereocenters. The van der Waals surface area contributed by atoms with E-state index >= 15 is 0 Å². The van der Waals surface area contributed by atoms with Crippen LogP contribution in [0.3, 0.4) is 0 Å². The molecule has 3 aliphatic rings. The van der Waals surface area contributed by atoms with Crippen LogP contribution in [0.2, 0.25) is 5.02 Å². The van der Waals surface area contributed by atoms with E-state index in [1.807, 2.05) is 24.3 Å². The number of alkyl halides is 3. The molecule has 2 aromatic carbocycles. The van der Waals surface area contributed by atoms with Gasteiger partial charge in [0.2, 0.25) is 0 Å². The van der Waals surface area contributed by atoms with E-state index in [4.69, 9.17) is 21.4 Å². The topological polar surface area (TPSA) is 82.9 Å². The van der Waals surface area contributed by atoms with Gasteiger partial charge in [-0.05, 0) is 78.7 Å². The minimum atomic E-state index is -4.55. The molecule has 3 aliphatic heterocycles. The van der Waals surface area contributed by atoms with Crippen molar-refractivity contribution >= 4 is 28.5 Å². The molecule has 4 heterocycles. The Bertz CT molecular complexity index is 1340. The average Bonchev–Trinajstić information content (AvgIpc) is 2.97. The van der Waals surface area contributed by atoms with Crippen molar-refractivity contribution in [3.05, 3.63) is 70.9 Å². The number of methoxy groups -OCH3 is 1. The number of aliphatic carboxylic acids is 1. The summed E-state index contributed by atoms with van der Waals surface area (Å²) in [5.41, 5.74) is 1.98. The fraction of sp³-hybridized carbons (Fsp3) is 0.484. The van der Waals surface area contributed by atoms with Crippen LogP contribution in [0.5, 0.6) is 5.75 Å². The van der Waals surface area contributed by atoms with Crippen LogP contribution in [0, 0.1) is 17.8 Å². The van der Waals surface area contributed by atoms with Crippen LogP contribution >= 0.6 is 11.6 Å². The minimum absolute atomic E-state index is 0.0896. The number of nitrogens with zero attached hydrogens (tertiary/aromatic N) is 2. The summed E-state index contributed by atoms with van der Waals surface area (Å²) in [5, 5.41) is 21.4. The van der Waals surface area contributed by atoms with Gasteiger partial charge in [0.1, 0.15) is 5.75 Å². The highest BCUT2D eigenvalue weighted by atomic mass is 35.5. The second-order valence-corrected chi connectivity index (χ2v) is 11.4. The lowest BCUT2D eigenvalue weighted by Crippen LogP contribution is -2.55. The molecule has 0 spiro atoms. The third-order valence-electron chi connectivity index (χ3n) is 8.64. The number of benzene rings is 2. The first kappa shape index (κ1) is 31.1. The van der Waals surface area contributed by atoms with Crippen LogP contribution in [-0.4, -0.2) is 58.5 Å². The van der Waals surface area contributed by atoms with Gasteiger partial charge < -0.3 is 14.9 Å². The molecule has 3 fully saturated rings. The summed E-state index contributed by atoms with van der Waals surface area (Å²) in [5.74, 6) is -2.70. The Morgan fingerprint density at radius 1 is 1.20 bits per heavy atom. The lowest BCUT2D eigenvalue weighted by atomic mass is 9.72. The van der Waals surface area contributed by atoms with E-state index in [1.165, 1.54) is 37.1 Å². The summed E-state index contributed by atoms with van der Waals surface area (Å²) in [6, 6.07) is 13.4. The molecular formula is C31H36ClF3N2O4. The summed E-state index contributed by atoms with van der Waals surface area (Å²) in [7, 11) is 1.67. The Morgan fingerprint density at radius 3 is 2.46 bits per heavy atom. The first-order valence-corrected chi connectivity index (χ1v) is 14.2. The number of hydrogen-bond acceptors (Lipinski definition) is 5. The van der Waals surface area contributed by atoms with Gasteiger partial charge in [-0.3, -0.25) is 14.7 Å². The number of aliphatic hydroxyl groups excluding tert-OH is 1. The number of fused-ring (bicyclic) bond motifs is 4. The van der Waals surface area contributed by atoms with E-state index < -0.39 is 30.1 Å². The van der Waals surface area contributed by atoms with Crippen LogP contribution in [-0.2, 0) is 4.79 Å². The van der Waals surface area contributed by atoms with Gasteiger partial charge >= 0.3 is 12.1 Å². The first-order valence-electron chi connectivity index (χ1n) is 13.8. The molecule has 222 valence electrons. The monoisotopic (exact) mass is 592 g/mol. The van der Waals surface area contributed by atoms with Gasteiger partial charge in [-0.2, -0.15) is 13.2 Å². The number of carboxylic acid groups (broad SMARTS) is 1. The zero-order valence-electron chi connectivity index (χ0n) is 23.3. The molecule has 1 aromatic heterocycles. The predicted octanol–water partition coefficient (Wildman–Crippen LogP) is 7.10. The summed E-state index contributed by atoms with van der Waals surface area (Å²) < 4.78 is 43.0. The fourth-order valence-corrected chi connectivity index (χ4v) is 6.34. The number of aromatic nitrogens is 1. The Morgan fingerprint density at radius 2 is 1.90 bits per heavy atom. The second kappa shape index (κ2) is 13.0. The molecule has 6 rings (SSSR count). The number of carbonyl (C=O) groups is 1. The van der Waals surface area contributed by atoms with Crippen molar-refractivity contribution in [1.29, 1.82) is 0 Å². The molecule has 0 aliphatic carbocycles. The van der Waals surface area contributed by atoms with Crippen molar-refractivity contribution in [3.8, 4) is 5.75 Å². The normalized spacial score (nSPS) is 24.2. The molecule has 10 heteroatoms. The summed E-state index contributed by atoms with van der Waals surface area (Å²) >= 11 is 5.60. The molecule has 2 N–H and O–H groups in total. The molecule has 0 amide bonds. The number of carboxylic acids is 1. The SMILES string of the molecule is CC[C@@H]1CN2CC[C@@H]1C[C@H]2[C@H](O)c1ccnc2ccc(OC)cc12.C[C@H]([C@H](C(=O)O)c1ccc(Cl)cc1)C(F)(F)F. The zero-order valence-corrected chi connectivity index (χ0v) is 24.1. The smallest absolute Gasteiger partial charge is 0.392 e. The van der Waals surface area contributed by atoms with Crippen molar-refractivity contribution in [3.63, 3.8) is 0 Å². The van der Waals surface area contributed by atoms with E-state index in [0.717, 1.165) is 60.5 Å². The van der Waals surface area contributed by atoms with Crippen molar-refractivity contribution in [2.45, 2.75) is 57.3 Å². The predicted molar refractivity (Wildman–Crippen MR) is 152 cm³/mol. The Hall–Kier alpha value is -2.88. The van der Waals surface area contributed by atoms with Gasteiger partial charge in [-0.1, -0.05) is 44.0 Å². The summed E-state index contributed by atoms with van der Waals surface area (Å²) in [6.45, 7) is 5.40. The number of hydrogen-bond donors (Lipinski definition) is 2. The molecule has 41 heavy (non-hydrogen) atoms. The second-order valence-electron chi connectivity index (χ2n) is 10.9. The van der Waals surface area contributed by atoms with Crippen LogP contribution in [0.25, 0.3) is 10.9 Å². The molecule has 3 saturated heterocycles. The molecule has 2 bridgehead atoms. The zero-order chi connectivity index (χ0) is 29.9. The highest BCUT2D eigenvalue weighted by Crippen LogP contribution is 2.43. The highest BCUT2D eigenvalue weighted by molar-refractivity contribution is 6.30. The summed E-state index contributed by atoms with van der Waals surface area (Å²) in [4.78, 5) is 17.9.